The van der Waals surface area contributed by atoms with Crippen LogP contribution in [0.15, 0.2) is 47.4 Å². The number of rotatable bonds is 5. The molecule has 0 saturated heterocycles. The molecular formula is C15H14Cl2FNS. The van der Waals surface area contributed by atoms with Crippen LogP contribution in [-0.4, -0.2) is 11.8 Å². The Kier molecular flexibility index (Phi) is 5.73. The minimum Gasteiger partial charge on any atom is -0.327 e. The molecule has 106 valence electrons. The quantitative estimate of drug-likeness (QED) is 0.798. The maximum Gasteiger partial charge on any atom is 0.142 e. The molecule has 0 aliphatic carbocycles. The predicted molar refractivity (Wildman–Crippen MR) is 85.3 cm³/mol. The molecule has 2 aromatic rings. The molecule has 0 aliphatic rings. The zero-order valence-corrected chi connectivity index (χ0v) is 13.0. The van der Waals surface area contributed by atoms with Gasteiger partial charge in [-0.05, 0) is 42.3 Å². The van der Waals surface area contributed by atoms with E-state index in [1.807, 2.05) is 24.3 Å². The van der Waals surface area contributed by atoms with Crippen molar-refractivity contribution in [2.75, 3.05) is 5.75 Å². The van der Waals surface area contributed by atoms with Crippen molar-refractivity contribution in [3.8, 4) is 0 Å². The summed E-state index contributed by atoms with van der Waals surface area (Å²) < 4.78 is 13.3. The lowest BCUT2D eigenvalue weighted by molar-refractivity contribution is 0.623. The molecule has 1 nitrogen and oxygen atoms in total. The Balaban J connectivity index is 1.89. The second kappa shape index (κ2) is 7.32. The normalized spacial score (nSPS) is 12.4. The lowest BCUT2D eigenvalue weighted by atomic mass is 10.1. The molecule has 0 aromatic heterocycles. The maximum absolute atomic E-state index is 13.3. The molecule has 2 N–H and O–H groups in total. The van der Waals surface area contributed by atoms with E-state index in [2.05, 4.69) is 0 Å². The molecule has 20 heavy (non-hydrogen) atoms. The van der Waals surface area contributed by atoms with Gasteiger partial charge >= 0.3 is 0 Å². The van der Waals surface area contributed by atoms with Gasteiger partial charge in [-0.15, -0.1) is 11.8 Å². The van der Waals surface area contributed by atoms with E-state index in [1.54, 1.807) is 23.9 Å². The fraction of sp³-hybridized carbons (Fsp3) is 0.200. The molecule has 0 heterocycles. The average Bonchev–Trinajstić information content (AvgIpc) is 2.41. The first-order valence-corrected chi connectivity index (χ1v) is 7.86. The number of hydrogen-bond acceptors (Lipinski definition) is 2. The largest absolute Gasteiger partial charge is 0.327 e. The van der Waals surface area contributed by atoms with Crippen LogP contribution >= 0.6 is 35.0 Å². The van der Waals surface area contributed by atoms with Gasteiger partial charge in [0.05, 0.1) is 5.02 Å². The summed E-state index contributed by atoms with van der Waals surface area (Å²) in [6, 6.07) is 12.4. The summed E-state index contributed by atoms with van der Waals surface area (Å²) >= 11 is 13.2. The summed E-state index contributed by atoms with van der Waals surface area (Å²) in [5.41, 5.74) is 6.92. The van der Waals surface area contributed by atoms with Crippen LogP contribution in [0, 0.1) is 5.82 Å². The van der Waals surface area contributed by atoms with Gasteiger partial charge in [-0.3, -0.25) is 0 Å². The third kappa shape index (κ3) is 4.67. The van der Waals surface area contributed by atoms with Gasteiger partial charge < -0.3 is 5.73 Å². The average molecular weight is 330 g/mol. The third-order valence-electron chi connectivity index (χ3n) is 2.74. The van der Waals surface area contributed by atoms with Crippen LogP contribution in [0.2, 0.25) is 10.0 Å². The Labute approximate surface area is 132 Å². The molecule has 2 aromatic carbocycles. The molecule has 1 unspecified atom stereocenters. The Bertz CT molecular complexity index is 592. The number of hydrogen-bond donors (Lipinski definition) is 1. The minimum absolute atomic E-state index is 0.0560. The predicted octanol–water partition coefficient (Wildman–Crippen LogP) is 4.79. The summed E-state index contributed by atoms with van der Waals surface area (Å²) in [5, 5.41) is 0.846. The van der Waals surface area contributed by atoms with E-state index < -0.39 is 5.82 Å². The first-order valence-electron chi connectivity index (χ1n) is 6.12. The van der Waals surface area contributed by atoms with Crippen LogP contribution in [0.3, 0.4) is 0 Å². The highest BCUT2D eigenvalue weighted by Gasteiger charge is 2.08. The SMILES string of the molecule is NC(CSc1cccc(Cl)c1)Cc1ccc(Cl)c(F)c1. The van der Waals surface area contributed by atoms with Crippen molar-refractivity contribution in [1.29, 1.82) is 0 Å². The van der Waals surface area contributed by atoms with Crippen molar-refractivity contribution >= 4 is 35.0 Å². The summed E-state index contributed by atoms with van der Waals surface area (Å²) in [4.78, 5) is 1.08. The fourth-order valence-corrected chi connectivity index (χ4v) is 3.07. The lowest BCUT2D eigenvalue weighted by Gasteiger charge is -2.12. The molecule has 1 atom stereocenters. The van der Waals surface area contributed by atoms with Crippen LogP contribution in [-0.2, 0) is 6.42 Å². The number of nitrogens with two attached hydrogens (primary N) is 1. The smallest absolute Gasteiger partial charge is 0.142 e. The highest BCUT2D eigenvalue weighted by molar-refractivity contribution is 7.99. The summed E-state index contributed by atoms with van der Waals surface area (Å²) in [6.45, 7) is 0. The van der Waals surface area contributed by atoms with Crippen LogP contribution < -0.4 is 5.73 Å². The monoisotopic (exact) mass is 329 g/mol. The zero-order valence-electron chi connectivity index (χ0n) is 10.7. The highest BCUT2D eigenvalue weighted by Crippen LogP contribution is 2.23. The van der Waals surface area contributed by atoms with Gasteiger partial charge in [0.2, 0.25) is 0 Å². The minimum atomic E-state index is -0.404. The lowest BCUT2D eigenvalue weighted by Crippen LogP contribution is -2.25. The summed E-state index contributed by atoms with van der Waals surface area (Å²) in [7, 11) is 0. The van der Waals surface area contributed by atoms with Crippen molar-refractivity contribution in [1.82, 2.24) is 0 Å². The Hall–Kier alpha value is -0.740. The fourth-order valence-electron chi connectivity index (χ4n) is 1.79. The van der Waals surface area contributed by atoms with Crippen LogP contribution in [0.1, 0.15) is 5.56 Å². The van der Waals surface area contributed by atoms with Crippen molar-refractivity contribution in [2.45, 2.75) is 17.4 Å². The summed E-state index contributed by atoms with van der Waals surface area (Å²) in [5.74, 6) is 0.337. The van der Waals surface area contributed by atoms with Gasteiger partial charge in [-0.25, -0.2) is 4.39 Å². The van der Waals surface area contributed by atoms with Crippen LogP contribution in [0.5, 0.6) is 0 Å². The molecule has 2 rings (SSSR count). The molecule has 0 bridgehead atoms. The molecule has 0 aliphatic heterocycles. The zero-order chi connectivity index (χ0) is 14.5. The second-order valence-corrected chi connectivity index (χ2v) is 6.42. The second-order valence-electron chi connectivity index (χ2n) is 4.48. The highest BCUT2D eigenvalue weighted by atomic mass is 35.5. The molecule has 0 radical (unpaired) electrons. The van der Waals surface area contributed by atoms with Gasteiger partial charge in [-0.2, -0.15) is 0 Å². The Morgan fingerprint density at radius 3 is 2.65 bits per heavy atom. The van der Waals surface area contributed by atoms with Gasteiger partial charge in [0.1, 0.15) is 5.82 Å². The molecule has 0 fully saturated rings. The number of thioether (sulfide) groups is 1. The van der Waals surface area contributed by atoms with Gasteiger partial charge in [0.15, 0.2) is 0 Å². The Morgan fingerprint density at radius 1 is 1.15 bits per heavy atom. The van der Waals surface area contributed by atoms with E-state index >= 15 is 0 Å². The first kappa shape index (κ1) is 15.6. The van der Waals surface area contributed by atoms with Gasteiger partial charge in [-0.1, -0.05) is 35.3 Å². The van der Waals surface area contributed by atoms with Gasteiger partial charge in [0, 0.05) is 21.7 Å². The standard InChI is InChI=1S/C15H14Cl2FNS/c16-11-2-1-3-13(8-11)20-9-12(19)6-10-4-5-14(17)15(18)7-10/h1-5,7-8,12H,6,9,19H2. The van der Waals surface area contributed by atoms with Crippen LogP contribution in [0.4, 0.5) is 4.39 Å². The number of halogens is 3. The molecule has 0 amide bonds. The molecular weight excluding hydrogens is 316 g/mol. The van der Waals surface area contributed by atoms with Crippen molar-refractivity contribution in [3.63, 3.8) is 0 Å². The molecule has 0 saturated carbocycles. The number of benzene rings is 2. The van der Waals surface area contributed by atoms with Crippen LogP contribution in [0.25, 0.3) is 0 Å². The van der Waals surface area contributed by atoms with E-state index in [0.717, 1.165) is 16.2 Å². The van der Waals surface area contributed by atoms with Crippen molar-refractivity contribution in [3.05, 3.63) is 63.9 Å². The first-order chi connectivity index (χ1) is 9.54. The van der Waals surface area contributed by atoms with E-state index in [1.165, 1.54) is 6.07 Å². The maximum atomic E-state index is 13.3. The van der Waals surface area contributed by atoms with E-state index in [4.69, 9.17) is 28.9 Å². The van der Waals surface area contributed by atoms with Crippen molar-refractivity contribution < 1.29 is 4.39 Å². The topological polar surface area (TPSA) is 26.0 Å². The van der Waals surface area contributed by atoms with E-state index in [0.29, 0.717) is 11.4 Å². The molecule has 5 heteroatoms. The van der Waals surface area contributed by atoms with Crippen molar-refractivity contribution in [2.24, 2.45) is 5.73 Å². The van der Waals surface area contributed by atoms with E-state index in [9.17, 15) is 4.39 Å². The third-order valence-corrected chi connectivity index (χ3v) is 4.47. The van der Waals surface area contributed by atoms with Gasteiger partial charge in [0.25, 0.3) is 0 Å². The van der Waals surface area contributed by atoms with E-state index in [-0.39, 0.29) is 11.1 Å². The Morgan fingerprint density at radius 2 is 1.95 bits per heavy atom. The molecule has 0 spiro atoms. The summed E-state index contributed by atoms with van der Waals surface area (Å²) in [6.07, 6.45) is 0.613.